The van der Waals surface area contributed by atoms with Crippen molar-refractivity contribution in [3.63, 3.8) is 0 Å². The molecule has 0 amide bonds. The monoisotopic (exact) mass is 253 g/mol. The lowest BCUT2D eigenvalue weighted by molar-refractivity contribution is 0.291. The van der Waals surface area contributed by atoms with Crippen LogP contribution in [0.2, 0.25) is 0 Å². The van der Waals surface area contributed by atoms with E-state index in [0.717, 1.165) is 19.5 Å². The molecular formula is C13H19NO2S. The van der Waals surface area contributed by atoms with Gasteiger partial charge in [0.2, 0.25) is 0 Å². The molecule has 0 fully saturated rings. The average Bonchev–Trinajstić information content (AvgIpc) is 2.27. The van der Waals surface area contributed by atoms with Gasteiger partial charge in [-0.25, -0.2) is 4.21 Å². The van der Waals surface area contributed by atoms with Crippen LogP contribution in [0.5, 0.6) is 0 Å². The fourth-order valence-electron chi connectivity index (χ4n) is 2.26. The SMILES string of the molecule is CC(C)c1ccc2c(c1)CCN(CS(=O)O)C2. The predicted molar refractivity (Wildman–Crippen MR) is 70.3 cm³/mol. The Labute approximate surface area is 105 Å². The molecule has 1 N–H and O–H groups in total. The molecule has 1 unspecified atom stereocenters. The van der Waals surface area contributed by atoms with Crippen molar-refractivity contribution in [3.05, 3.63) is 34.9 Å². The minimum Gasteiger partial charge on any atom is -0.305 e. The topological polar surface area (TPSA) is 40.5 Å². The van der Waals surface area contributed by atoms with Crippen LogP contribution in [0.4, 0.5) is 0 Å². The highest BCUT2D eigenvalue weighted by Crippen LogP contribution is 2.23. The summed E-state index contributed by atoms with van der Waals surface area (Å²) in [6.07, 6.45) is 0.979. The van der Waals surface area contributed by atoms with Crippen LogP contribution in [0.3, 0.4) is 0 Å². The summed E-state index contributed by atoms with van der Waals surface area (Å²) < 4.78 is 19.7. The normalized spacial score (nSPS) is 18.1. The van der Waals surface area contributed by atoms with Gasteiger partial charge in [-0.05, 0) is 29.0 Å². The molecule has 4 heteroatoms. The Morgan fingerprint density at radius 3 is 2.82 bits per heavy atom. The Bertz CT molecular complexity index is 431. The third kappa shape index (κ3) is 3.15. The Kier molecular flexibility index (Phi) is 3.97. The van der Waals surface area contributed by atoms with Gasteiger partial charge in [-0.15, -0.1) is 0 Å². The summed E-state index contributed by atoms with van der Waals surface area (Å²) >= 11 is -1.73. The first kappa shape index (κ1) is 12.7. The molecule has 1 aromatic carbocycles. The number of nitrogens with zero attached hydrogens (tertiary/aromatic N) is 1. The summed E-state index contributed by atoms with van der Waals surface area (Å²) in [5.74, 6) is 0.814. The molecule has 0 radical (unpaired) electrons. The van der Waals surface area contributed by atoms with Crippen LogP contribution >= 0.6 is 0 Å². The molecule has 17 heavy (non-hydrogen) atoms. The van der Waals surface area contributed by atoms with E-state index in [0.29, 0.717) is 5.92 Å². The summed E-state index contributed by atoms with van der Waals surface area (Å²) in [5.41, 5.74) is 4.07. The van der Waals surface area contributed by atoms with Gasteiger partial charge in [-0.3, -0.25) is 4.90 Å². The molecule has 1 aromatic rings. The maximum Gasteiger partial charge on any atom is 0.167 e. The van der Waals surface area contributed by atoms with Crippen LogP contribution in [-0.4, -0.2) is 26.1 Å². The fourth-order valence-corrected chi connectivity index (χ4v) is 2.79. The van der Waals surface area contributed by atoms with Crippen LogP contribution in [0.25, 0.3) is 0 Å². The zero-order chi connectivity index (χ0) is 12.4. The molecule has 0 aromatic heterocycles. The molecule has 0 saturated carbocycles. The maximum absolute atomic E-state index is 10.8. The smallest absolute Gasteiger partial charge is 0.167 e. The van der Waals surface area contributed by atoms with Crippen LogP contribution in [0.15, 0.2) is 18.2 Å². The maximum atomic E-state index is 10.8. The lowest BCUT2D eigenvalue weighted by Gasteiger charge is -2.28. The highest BCUT2D eigenvalue weighted by atomic mass is 32.2. The molecule has 0 saturated heterocycles. The minimum absolute atomic E-state index is 0.255. The Balaban J connectivity index is 2.14. The second kappa shape index (κ2) is 5.29. The number of rotatable bonds is 3. The van der Waals surface area contributed by atoms with E-state index in [2.05, 4.69) is 32.0 Å². The Hall–Kier alpha value is -0.710. The van der Waals surface area contributed by atoms with Gasteiger partial charge >= 0.3 is 0 Å². The quantitative estimate of drug-likeness (QED) is 0.841. The van der Waals surface area contributed by atoms with E-state index in [4.69, 9.17) is 4.55 Å². The van der Waals surface area contributed by atoms with Crippen molar-refractivity contribution in [2.45, 2.75) is 32.7 Å². The molecule has 0 spiro atoms. The molecule has 3 nitrogen and oxygen atoms in total. The fraction of sp³-hybridized carbons (Fsp3) is 0.538. The summed E-state index contributed by atoms with van der Waals surface area (Å²) in [5, 5.41) is 0. The second-order valence-electron chi connectivity index (χ2n) is 4.94. The van der Waals surface area contributed by atoms with Gasteiger partial charge in [0.05, 0.1) is 0 Å². The van der Waals surface area contributed by atoms with Gasteiger partial charge in [0, 0.05) is 13.1 Å². The number of benzene rings is 1. The van der Waals surface area contributed by atoms with E-state index < -0.39 is 11.1 Å². The van der Waals surface area contributed by atoms with Crippen molar-refractivity contribution in [2.75, 3.05) is 12.4 Å². The van der Waals surface area contributed by atoms with Crippen molar-refractivity contribution in [1.29, 1.82) is 0 Å². The van der Waals surface area contributed by atoms with Crippen LogP contribution in [0.1, 0.15) is 36.5 Å². The van der Waals surface area contributed by atoms with E-state index in [1.54, 1.807) is 0 Å². The van der Waals surface area contributed by atoms with Crippen LogP contribution in [0, 0.1) is 0 Å². The van der Waals surface area contributed by atoms with Gasteiger partial charge in [0.1, 0.15) is 5.88 Å². The molecule has 1 aliphatic rings. The van der Waals surface area contributed by atoms with Crippen molar-refractivity contribution < 1.29 is 8.76 Å². The Morgan fingerprint density at radius 1 is 1.41 bits per heavy atom. The van der Waals surface area contributed by atoms with Gasteiger partial charge in [0.15, 0.2) is 11.1 Å². The zero-order valence-corrected chi connectivity index (χ0v) is 11.2. The third-order valence-electron chi connectivity index (χ3n) is 3.28. The predicted octanol–water partition coefficient (Wildman–Crippen LogP) is 2.35. The van der Waals surface area contributed by atoms with Crippen molar-refractivity contribution in [3.8, 4) is 0 Å². The summed E-state index contributed by atoms with van der Waals surface area (Å²) in [6.45, 7) is 6.07. The largest absolute Gasteiger partial charge is 0.305 e. The number of fused-ring (bicyclic) bond motifs is 1. The highest BCUT2D eigenvalue weighted by Gasteiger charge is 2.17. The number of hydrogen-bond donors (Lipinski definition) is 1. The molecule has 0 bridgehead atoms. The molecular weight excluding hydrogens is 234 g/mol. The standard InChI is InChI=1S/C13H19NO2S/c1-10(2)11-3-4-13-8-14(9-17(15)16)6-5-12(13)7-11/h3-4,7,10H,5-6,8-9H2,1-2H3,(H,15,16). The van der Waals surface area contributed by atoms with Gasteiger partial charge < -0.3 is 4.55 Å². The molecule has 1 heterocycles. The third-order valence-corrected chi connectivity index (χ3v) is 3.87. The van der Waals surface area contributed by atoms with E-state index in [1.165, 1.54) is 16.7 Å². The summed E-state index contributed by atoms with van der Waals surface area (Å²) in [7, 11) is 0. The van der Waals surface area contributed by atoms with Crippen LogP contribution in [-0.2, 0) is 24.0 Å². The first-order valence-electron chi connectivity index (χ1n) is 5.98. The molecule has 0 aliphatic carbocycles. The summed E-state index contributed by atoms with van der Waals surface area (Å²) in [6, 6.07) is 6.62. The Morgan fingerprint density at radius 2 is 2.18 bits per heavy atom. The lowest BCUT2D eigenvalue weighted by Crippen LogP contribution is -2.33. The molecule has 1 atom stereocenters. The van der Waals surface area contributed by atoms with Gasteiger partial charge in [-0.2, -0.15) is 0 Å². The van der Waals surface area contributed by atoms with E-state index in [-0.39, 0.29) is 5.88 Å². The zero-order valence-electron chi connectivity index (χ0n) is 10.3. The first-order valence-corrected chi connectivity index (χ1v) is 7.25. The van der Waals surface area contributed by atoms with Crippen molar-refractivity contribution in [2.24, 2.45) is 0 Å². The average molecular weight is 253 g/mol. The minimum atomic E-state index is -1.73. The molecule has 2 rings (SSSR count). The van der Waals surface area contributed by atoms with E-state index in [1.807, 2.05) is 4.90 Å². The van der Waals surface area contributed by atoms with Crippen LogP contribution < -0.4 is 0 Å². The molecule has 94 valence electrons. The van der Waals surface area contributed by atoms with Gasteiger partial charge in [-0.1, -0.05) is 32.0 Å². The second-order valence-corrected chi connectivity index (χ2v) is 5.84. The van der Waals surface area contributed by atoms with Crippen molar-refractivity contribution in [1.82, 2.24) is 4.90 Å². The highest BCUT2D eigenvalue weighted by molar-refractivity contribution is 7.79. The first-order chi connectivity index (χ1) is 8.06. The van der Waals surface area contributed by atoms with E-state index >= 15 is 0 Å². The molecule has 1 aliphatic heterocycles. The summed E-state index contributed by atoms with van der Waals surface area (Å²) in [4.78, 5) is 2.04. The van der Waals surface area contributed by atoms with Gasteiger partial charge in [0.25, 0.3) is 0 Å². The van der Waals surface area contributed by atoms with E-state index in [9.17, 15) is 4.21 Å². The van der Waals surface area contributed by atoms with Crippen molar-refractivity contribution >= 4 is 11.1 Å². The number of hydrogen-bond acceptors (Lipinski definition) is 2. The lowest BCUT2D eigenvalue weighted by atomic mass is 9.93.